The SMILES string of the molecule is Cc1cc(SCC(=O)Nc2ccc3c(c2)OCCO3)nc2ccc(Cl)cc12. The van der Waals surface area contributed by atoms with E-state index in [1.54, 1.807) is 18.2 Å². The van der Waals surface area contributed by atoms with Crippen LogP contribution in [0.15, 0.2) is 47.5 Å². The molecule has 0 fully saturated rings. The van der Waals surface area contributed by atoms with Crippen molar-refractivity contribution in [3.63, 3.8) is 0 Å². The van der Waals surface area contributed by atoms with Gasteiger partial charge in [0.2, 0.25) is 5.91 Å². The van der Waals surface area contributed by atoms with Crippen LogP contribution in [0, 0.1) is 6.92 Å². The standard InChI is InChI=1S/C20H17ClN2O3S/c1-12-8-20(23-16-4-2-13(21)9-15(12)16)27-11-19(24)22-14-3-5-17-18(10-14)26-7-6-25-17/h2-5,8-10H,6-7,11H2,1H3,(H,22,24). The van der Waals surface area contributed by atoms with E-state index in [2.05, 4.69) is 10.3 Å². The molecule has 0 unspecified atom stereocenters. The normalized spacial score (nSPS) is 12.8. The van der Waals surface area contributed by atoms with Gasteiger partial charge >= 0.3 is 0 Å². The van der Waals surface area contributed by atoms with E-state index in [-0.39, 0.29) is 11.7 Å². The van der Waals surface area contributed by atoms with E-state index in [0.717, 1.165) is 21.5 Å². The summed E-state index contributed by atoms with van der Waals surface area (Å²) in [5.41, 5.74) is 2.63. The van der Waals surface area contributed by atoms with Gasteiger partial charge in [0.25, 0.3) is 0 Å². The number of nitrogens with zero attached hydrogens (tertiary/aromatic N) is 1. The topological polar surface area (TPSA) is 60.5 Å². The maximum Gasteiger partial charge on any atom is 0.234 e. The van der Waals surface area contributed by atoms with Crippen molar-refractivity contribution in [2.45, 2.75) is 11.9 Å². The minimum atomic E-state index is -0.104. The highest BCUT2D eigenvalue weighted by Gasteiger charge is 2.13. The number of carbonyl (C=O) groups is 1. The molecule has 138 valence electrons. The van der Waals surface area contributed by atoms with Crippen molar-refractivity contribution in [3.05, 3.63) is 53.1 Å². The molecule has 1 aliphatic heterocycles. The van der Waals surface area contributed by atoms with Crippen LogP contribution < -0.4 is 14.8 Å². The molecule has 1 aromatic heterocycles. The first kappa shape index (κ1) is 17.9. The first-order valence-electron chi connectivity index (χ1n) is 8.48. The Morgan fingerprint density at radius 3 is 2.81 bits per heavy atom. The van der Waals surface area contributed by atoms with Gasteiger partial charge in [0, 0.05) is 22.2 Å². The number of anilines is 1. The number of thioether (sulfide) groups is 1. The number of hydrogen-bond donors (Lipinski definition) is 1. The molecule has 7 heteroatoms. The van der Waals surface area contributed by atoms with Crippen LogP contribution in [0.3, 0.4) is 0 Å². The lowest BCUT2D eigenvalue weighted by molar-refractivity contribution is -0.113. The fourth-order valence-corrected chi connectivity index (χ4v) is 3.81. The maximum atomic E-state index is 12.3. The van der Waals surface area contributed by atoms with Gasteiger partial charge in [-0.3, -0.25) is 4.79 Å². The summed E-state index contributed by atoms with van der Waals surface area (Å²) in [4.78, 5) is 16.9. The Morgan fingerprint density at radius 2 is 1.96 bits per heavy atom. The summed E-state index contributed by atoms with van der Waals surface area (Å²) >= 11 is 7.45. The molecular formula is C20H17ClN2O3S. The van der Waals surface area contributed by atoms with Gasteiger partial charge in [-0.1, -0.05) is 23.4 Å². The van der Waals surface area contributed by atoms with Crippen molar-refractivity contribution < 1.29 is 14.3 Å². The number of aromatic nitrogens is 1. The smallest absolute Gasteiger partial charge is 0.234 e. The summed E-state index contributed by atoms with van der Waals surface area (Å²) < 4.78 is 11.0. The van der Waals surface area contributed by atoms with Crippen molar-refractivity contribution in [2.24, 2.45) is 0 Å². The fraction of sp³-hybridized carbons (Fsp3) is 0.200. The molecule has 4 rings (SSSR count). The summed E-state index contributed by atoms with van der Waals surface area (Å²) in [6.07, 6.45) is 0. The van der Waals surface area contributed by atoms with Crippen molar-refractivity contribution >= 4 is 45.9 Å². The largest absolute Gasteiger partial charge is 0.486 e. The minimum Gasteiger partial charge on any atom is -0.486 e. The van der Waals surface area contributed by atoms with Crippen molar-refractivity contribution in [3.8, 4) is 11.5 Å². The van der Waals surface area contributed by atoms with E-state index in [9.17, 15) is 4.79 Å². The highest BCUT2D eigenvalue weighted by molar-refractivity contribution is 7.99. The van der Waals surface area contributed by atoms with Crippen LogP contribution in [0.1, 0.15) is 5.56 Å². The van der Waals surface area contributed by atoms with Crippen LogP contribution in [0.5, 0.6) is 11.5 Å². The number of nitrogens with one attached hydrogen (secondary N) is 1. The van der Waals surface area contributed by atoms with Gasteiger partial charge in [0.05, 0.1) is 16.3 Å². The molecule has 0 bridgehead atoms. The Morgan fingerprint density at radius 1 is 1.15 bits per heavy atom. The van der Waals surface area contributed by atoms with E-state index in [1.165, 1.54) is 11.8 Å². The number of halogens is 1. The third-order valence-electron chi connectivity index (χ3n) is 4.13. The summed E-state index contributed by atoms with van der Waals surface area (Å²) in [7, 11) is 0. The van der Waals surface area contributed by atoms with Crippen LogP contribution in [-0.4, -0.2) is 29.9 Å². The highest BCUT2D eigenvalue weighted by Crippen LogP contribution is 2.32. The molecule has 2 heterocycles. The third kappa shape index (κ3) is 4.12. The Balaban J connectivity index is 1.42. The lowest BCUT2D eigenvalue weighted by Crippen LogP contribution is -2.17. The summed E-state index contributed by atoms with van der Waals surface area (Å²) in [5, 5.41) is 5.39. The molecule has 27 heavy (non-hydrogen) atoms. The molecule has 0 saturated carbocycles. The zero-order chi connectivity index (χ0) is 18.8. The van der Waals surface area contributed by atoms with Crippen LogP contribution in [0.2, 0.25) is 5.02 Å². The highest BCUT2D eigenvalue weighted by atomic mass is 35.5. The Kier molecular flexibility index (Phi) is 5.09. The molecule has 2 aromatic carbocycles. The molecule has 0 aliphatic carbocycles. The molecule has 3 aromatic rings. The Bertz CT molecular complexity index is 1030. The van der Waals surface area contributed by atoms with E-state index in [1.807, 2.05) is 31.2 Å². The maximum absolute atomic E-state index is 12.3. The van der Waals surface area contributed by atoms with E-state index < -0.39 is 0 Å². The molecule has 1 N–H and O–H groups in total. The predicted molar refractivity (Wildman–Crippen MR) is 108 cm³/mol. The number of carbonyl (C=O) groups excluding carboxylic acids is 1. The molecule has 0 saturated heterocycles. The van der Waals surface area contributed by atoms with Crippen molar-refractivity contribution in [2.75, 3.05) is 24.3 Å². The van der Waals surface area contributed by atoms with Crippen LogP contribution in [0.25, 0.3) is 10.9 Å². The predicted octanol–water partition coefficient (Wildman–Crippen LogP) is 4.70. The Hall–Kier alpha value is -2.44. The molecule has 0 atom stereocenters. The first-order valence-corrected chi connectivity index (χ1v) is 9.84. The third-order valence-corrected chi connectivity index (χ3v) is 5.28. The first-order chi connectivity index (χ1) is 13.1. The number of pyridine rings is 1. The van der Waals surface area contributed by atoms with Gasteiger partial charge in [-0.15, -0.1) is 0 Å². The molecule has 1 aliphatic rings. The fourth-order valence-electron chi connectivity index (χ4n) is 2.87. The van der Waals surface area contributed by atoms with Crippen LogP contribution >= 0.6 is 23.4 Å². The zero-order valence-corrected chi connectivity index (χ0v) is 16.2. The molecule has 0 radical (unpaired) electrons. The summed E-state index contributed by atoms with van der Waals surface area (Å²) in [6.45, 7) is 3.07. The summed E-state index contributed by atoms with van der Waals surface area (Å²) in [5.74, 6) is 1.51. The number of aryl methyl sites for hydroxylation is 1. The lowest BCUT2D eigenvalue weighted by Gasteiger charge is -2.19. The van der Waals surface area contributed by atoms with E-state index in [0.29, 0.717) is 35.4 Å². The number of amides is 1. The number of fused-ring (bicyclic) bond motifs is 2. The molecule has 0 spiro atoms. The minimum absolute atomic E-state index is 0.104. The van der Waals surface area contributed by atoms with Gasteiger partial charge in [0.1, 0.15) is 13.2 Å². The van der Waals surface area contributed by atoms with Gasteiger partial charge < -0.3 is 14.8 Å². The van der Waals surface area contributed by atoms with E-state index >= 15 is 0 Å². The zero-order valence-electron chi connectivity index (χ0n) is 14.6. The monoisotopic (exact) mass is 400 g/mol. The van der Waals surface area contributed by atoms with Gasteiger partial charge in [-0.25, -0.2) is 4.98 Å². The average Bonchev–Trinajstić information content (AvgIpc) is 2.67. The number of ether oxygens (including phenoxy) is 2. The van der Waals surface area contributed by atoms with E-state index in [4.69, 9.17) is 21.1 Å². The Labute approximate surface area is 166 Å². The quantitative estimate of drug-likeness (QED) is 0.643. The van der Waals surface area contributed by atoms with Crippen molar-refractivity contribution in [1.29, 1.82) is 0 Å². The average molecular weight is 401 g/mol. The molecular weight excluding hydrogens is 384 g/mol. The second-order valence-corrected chi connectivity index (χ2v) is 7.57. The second-order valence-electron chi connectivity index (χ2n) is 6.13. The lowest BCUT2D eigenvalue weighted by atomic mass is 10.1. The number of hydrogen-bond acceptors (Lipinski definition) is 5. The van der Waals surface area contributed by atoms with Gasteiger partial charge in [-0.05, 0) is 48.9 Å². The van der Waals surface area contributed by atoms with Crippen LogP contribution in [-0.2, 0) is 4.79 Å². The number of rotatable bonds is 4. The molecule has 5 nitrogen and oxygen atoms in total. The van der Waals surface area contributed by atoms with Gasteiger partial charge in [-0.2, -0.15) is 0 Å². The summed E-state index contributed by atoms with van der Waals surface area (Å²) in [6, 6.07) is 13.0. The van der Waals surface area contributed by atoms with Crippen molar-refractivity contribution in [1.82, 2.24) is 4.98 Å². The second kappa shape index (κ2) is 7.66. The van der Waals surface area contributed by atoms with Gasteiger partial charge in [0.15, 0.2) is 11.5 Å². The number of benzene rings is 2. The van der Waals surface area contributed by atoms with Crippen LogP contribution in [0.4, 0.5) is 5.69 Å². The molecule has 1 amide bonds.